The normalized spacial score (nSPS) is 19.4. The molecule has 0 radical (unpaired) electrons. The quantitative estimate of drug-likeness (QED) is 0.659. The lowest BCUT2D eigenvalue weighted by atomic mass is 9.89. The Balaban J connectivity index is 2.09. The van der Waals surface area contributed by atoms with Gasteiger partial charge in [0.1, 0.15) is 28.6 Å². The number of phenols is 3. The Morgan fingerprint density at radius 3 is 2.48 bits per heavy atom. The largest absolute Gasteiger partial charge is 0.508 e. The molecule has 2 aromatic carbocycles. The monoisotopic (exact) mass is 370 g/mol. The molecule has 0 saturated carbocycles. The number of hydrogen-bond donors (Lipinski definition) is 4. The van der Waals surface area contributed by atoms with E-state index < -0.39 is 18.0 Å². The van der Waals surface area contributed by atoms with E-state index in [2.05, 4.69) is 0 Å². The van der Waals surface area contributed by atoms with Gasteiger partial charge in [0, 0.05) is 17.2 Å². The van der Waals surface area contributed by atoms with Gasteiger partial charge < -0.3 is 25.2 Å². The fraction of sp³-hybridized carbons (Fsp3) is 0.286. The number of aryl methyl sites for hydroxylation is 1. The van der Waals surface area contributed by atoms with E-state index in [0.29, 0.717) is 11.1 Å². The van der Waals surface area contributed by atoms with Crippen LogP contribution in [0, 0.1) is 12.8 Å². The minimum absolute atomic E-state index is 0.0778. The van der Waals surface area contributed by atoms with E-state index in [0.717, 1.165) is 6.07 Å². The first-order valence-corrected chi connectivity index (χ1v) is 8.66. The van der Waals surface area contributed by atoms with Crippen molar-refractivity contribution in [2.24, 2.45) is 5.92 Å². The average molecular weight is 370 g/mol. The summed E-state index contributed by atoms with van der Waals surface area (Å²) in [5.41, 5.74) is 1.30. The molecule has 0 spiro atoms. The molecule has 2 aromatic rings. The van der Waals surface area contributed by atoms with Crippen molar-refractivity contribution in [3.8, 4) is 23.0 Å². The van der Waals surface area contributed by atoms with Crippen molar-refractivity contribution in [2.75, 3.05) is 0 Å². The van der Waals surface area contributed by atoms with Crippen LogP contribution in [0.4, 0.5) is 0 Å². The van der Waals surface area contributed by atoms with Crippen LogP contribution in [0.15, 0.2) is 30.3 Å². The van der Waals surface area contributed by atoms with Crippen molar-refractivity contribution in [1.29, 1.82) is 0 Å². The number of phenolic OH excluding ortho intramolecular Hbond substituents is 3. The highest BCUT2D eigenvalue weighted by Gasteiger charge is 2.40. The second-order valence-electron chi connectivity index (χ2n) is 7.02. The Morgan fingerprint density at radius 2 is 1.85 bits per heavy atom. The summed E-state index contributed by atoms with van der Waals surface area (Å²) < 4.78 is 5.77. The number of Topliss-reactive ketones (excluding diaryl/α,β-unsaturated/α-hetero) is 1. The lowest BCUT2D eigenvalue weighted by molar-refractivity contribution is 0.0203. The van der Waals surface area contributed by atoms with E-state index in [1.807, 2.05) is 19.9 Å². The van der Waals surface area contributed by atoms with Crippen molar-refractivity contribution < 1.29 is 30.0 Å². The number of ether oxygens (including phenoxy) is 1. The summed E-state index contributed by atoms with van der Waals surface area (Å²) in [5, 5.41) is 40.6. The van der Waals surface area contributed by atoms with Crippen LogP contribution in [-0.2, 0) is 0 Å². The Hall–Kier alpha value is -2.99. The number of aliphatic hydroxyl groups is 1. The van der Waals surface area contributed by atoms with E-state index in [1.165, 1.54) is 12.1 Å². The first-order chi connectivity index (χ1) is 12.7. The maximum atomic E-state index is 12.8. The molecular weight excluding hydrogens is 348 g/mol. The number of benzene rings is 2. The van der Waals surface area contributed by atoms with Gasteiger partial charge in [0.15, 0.2) is 12.2 Å². The molecule has 0 aliphatic carbocycles. The first kappa shape index (κ1) is 18.8. The number of carbonyl (C=O) groups excluding carboxylic acids is 1. The second-order valence-corrected chi connectivity index (χ2v) is 7.02. The van der Waals surface area contributed by atoms with Gasteiger partial charge in [-0.15, -0.1) is 0 Å². The van der Waals surface area contributed by atoms with Gasteiger partial charge >= 0.3 is 0 Å². The molecule has 0 fully saturated rings. The van der Waals surface area contributed by atoms with E-state index in [9.17, 15) is 25.2 Å². The highest BCUT2D eigenvalue weighted by Crippen LogP contribution is 2.44. The summed E-state index contributed by atoms with van der Waals surface area (Å²) >= 11 is 0. The number of ketones is 1. The molecule has 1 aliphatic heterocycles. The third-order valence-electron chi connectivity index (χ3n) is 4.53. The van der Waals surface area contributed by atoms with Gasteiger partial charge in [-0.3, -0.25) is 4.79 Å². The van der Waals surface area contributed by atoms with Crippen LogP contribution < -0.4 is 4.74 Å². The number of carbonyl (C=O) groups is 1. The standard InChI is InChI=1S/C21H22O6/c1-10(2)4-6-13-11(3)8-16-17(18(13)24)19(25)20(26)21(27-16)14-7-5-12(22)9-15(14)23/h4-10,20-24,26H,1-3H3/t20-,21+/m1/s1. The molecule has 1 aliphatic rings. The van der Waals surface area contributed by atoms with Crippen LogP contribution in [0.25, 0.3) is 6.08 Å². The zero-order valence-electron chi connectivity index (χ0n) is 15.3. The Kier molecular flexibility index (Phi) is 4.85. The third kappa shape index (κ3) is 3.36. The molecule has 0 saturated heterocycles. The van der Waals surface area contributed by atoms with Crippen LogP contribution in [0.3, 0.4) is 0 Å². The first-order valence-electron chi connectivity index (χ1n) is 8.66. The molecule has 4 N–H and O–H groups in total. The van der Waals surface area contributed by atoms with E-state index in [-0.39, 0.29) is 40.0 Å². The molecule has 142 valence electrons. The SMILES string of the molecule is Cc1cc2c(c(O)c1C=CC(C)C)C(=O)[C@@H](O)[C@H](c1ccc(O)cc1O)O2. The number of allylic oxidation sites excluding steroid dienone is 1. The maximum Gasteiger partial charge on any atom is 0.202 e. The smallest absolute Gasteiger partial charge is 0.202 e. The molecule has 27 heavy (non-hydrogen) atoms. The number of hydrogen-bond acceptors (Lipinski definition) is 6. The number of fused-ring (bicyclic) bond motifs is 1. The lowest BCUT2D eigenvalue weighted by Gasteiger charge is -2.31. The molecule has 2 atom stereocenters. The summed E-state index contributed by atoms with van der Waals surface area (Å²) in [6.07, 6.45) is 0.883. The predicted molar refractivity (Wildman–Crippen MR) is 100 cm³/mol. The second kappa shape index (κ2) is 6.96. The summed E-state index contributed by atoms with van der Waals surface area (Å²) in [6.45, 7) is 5.77. The fourth-order valence-corrected chi connectivity index (χ4v) is 3.11. The van der Waals surface area contributed by atoms with Gasteiger partial charge in [-0.05, 0) is 36.6 Å². The third-order valence-corrected chi connectivity index (χ3v) is 4.53. The molecule has 0 aromatic heterocycles. The number of aliphatic hydroxyl groups excluding tert-OH is 1. The van der Waals surface area contributed by atoms with Gasteiger partial charge in [-0.25, -0.2) is 0 Å². The van der Waals surface area contributed by atoms with E-state index in [4.69, 9.17) is 4.74 Å². The van der Waals surface area contributed by atoms with Crippen LogP contribution in [0.2, 0.25) is 0 Å². The van der Waals surface area contributed by atoms with Crippen LogP contribution in [0.1, 0.15) is 47.0 Å². The number of aromatic hydroxyl groups is 3. The average Bonchev–Trinajstić information content (AvgIpc) is 2.57. The predicted octanol–water partition coefficient (Wildman–Crippen LogP) is 3.46. The van der Waals surface area contributed by atoms with Gasteiger partial charge in [0.25, 0.3) is 0 Å². The topological polar surface area (TPSA) is 107 Å². The summed E-state index contributed by atoms with van der Waals surface area (Å²) in [6, 6.07) is 5.44. The van der Waals surface area contributed by atoms with Crippen molar-refractivity contribution in [2.45, 2.75) is 33.0 Å². The summed E-state index contributed by atoms with van der Waals surface area (Å²) in [7, 11) is 0. The Labute approximate surface area is 157 Å². The Bertz CT molecular complexity index is 929. The maximum absolute atomic E-state index is 12.8. The zero-order chi connectivity index (χ0) is 19.9. The summed E-state index contributed by atoms with van der Waals surface area (Å²) in [4.78, 5) is 12.8. The van der Waals surface area contributed by atoms with E-state index >= 15 is 0 Å². The van der Waals surface area contributed by atoms with Gasteiger partial charge in [0.2, 0.25) is 5.78 Å². The minimum atomic E-state index is -1.61. The minimum Gasteiger partial charge on any atom is -0.508 e. The van der Waals surface area contributed by atoms with Crippen molar-refractivity contribution in [3.05, 3.63) is 52.6 Å². The highest BCUT2D eigenvalue weighted by molar-refractivity contribution is 6.06. The van der Waals surface area contributed by atoms with Crippen LogP contribution in [-0.4, -0.2) is 32.3 Å². The Morgan fingerprint density at radius 1 is 1.15 bits per heavy atom. The highest BCUT2D eigenvalue weighted by atomic mass is 16.5. The van der Waals surface area contributed by atoms with E-state index in [1.54, 1.807) is 19.1 Å². The fourth-order valence-electron chi connectivity index (χ4n) is 3.11. The van der Waals surface area contributed by atoms with Crippen molar-refractivity contribution >= 4 is 11.9 Å². The van der Waals surface area contributed by atoms with Crippen molar-refractivity contribution in [3.63, 3.8) is 0 Å². The molecule has 3 rings (SSSR count). The van der Waals surface area contributed by atoms with Gasteiger partial charge in [-0.1, -0.05) is 26.0 Å². The molecule has 0 unspecified atom stereocenters. The zero-order valence-corrected chi connectivity index (χ0v) is 15.3. The van der Waals surface area contributed by atoms with Gasteiger partial charge in [-0.2, -0.15) is 0 Å². The van der Waals surface area contributed by atoms with Crippen molar-refractivity contribution in [1.82, 2.24) is 0 Å². The number of rotatable bonds is 3. The molecule has 6 heteroatoms. The molecular formula is C21H22O6. The molecule has 0 bridgehead atoms. The summed E-state index contributed by atoms with van der Waals surface area (Å²) in [5.74, 6) is -0.973. The molecule has 1 heterocycles. The van der Waals surface area contributed by atoms with Gasteiger partial charge in [0.05, 0.1) is 0 Å². The lowest BCUT2D eigenvalue weighted by Crippen LogP contribution is -2.36. The van der Waals surface area contributed by atoms with Crippen LogP contribution in [0.5, 0.6) is 23.0 Å². The van der Waals surface area contributed by atoms with Crippen LogP contribution >= 0.6 is 0 Å². The molecule has 6 nitrogen and oxygen atoms in total. The molecule has 0 amide bonds.